The van der Waals surface area contributed by atoms with Crippen molar-refractivity contribution in [3.63, 3.8) is 0 Å². The predicted molar refractivity (Wildman–Crippen MR) is 111 cm³/mol. The van der Waals surface area contributed by atoms with Gasteiger partial charge in [0.25, 0.3) is 5.24 Å². The van der Waals surface area contributed by atoms with Crippen molar-refractivity contribution in [1.82, 2.24) is 9.80 Å². The van der Waals surface area contributed by atoms with E-state index in [1.807, 2.05) is 0 Å². The van der Waals surface area contributed by atoms with Crippen molar-refractivity contribution in [3.05, 3.63) is 0 Å². The van der Waals surface area contributed by atoms with Crippen LogP contribution in [0.5, 0.6) is 0 Å². The van der Waals surface area contributed by atoms with Gasteiger partial charge in [-0.1, -0.05) is 43.9 Å². The van der Waals surface area contributed by atoms with Gasteiger partial charge in [0.15, 0.2) is 0 Å². The number of carbonyl (C=O) groups excluding carboxylic acids is 2. The molecule has 0 radical (unpaired) electrons. The van der Waals surface area contributed by atoms with E-state index in [2.05, 4.69) is 9.80 Å². The van der Waals surface area contributed by atoms with Crippen molar-refractivity contribution in [2.75, 3.05) is 25.4 Å². The zero-order chi connectivity index (χ0) is 18.6. The maximum Gasteiger partial charge on any atom is 0.281 e. The lowest BCUT2D eigenvalue weighted by Gasteiger charge is -2.44. The van der Waals surface area contributed by atoms with E-state index >= 15 is 0 Å². The number of hydrogen-bond acceptors (Lipinski definition) is 3. The molecule has 2 saturated carbocycles. The summed E-state index contributed by atoms with van der Waals surface area (Å²) in [5.74, 6) is 3.25. The van der Waals surface area contributed by atoms with Crippen LogP contribution in [0.15, 0.2) is 0 Å². The van der Waals surface area contributed by atoms with Gasteiger partial charge in [-0.05, 0) is 56.3 Å². The molecule has 4 unspecified atom stereocenters. The Bertz CT molecular complexity index is 538. The zero-order valence-corrected chi connectivity index (χ0v) is 17.6. The highest BCUT2D eigenvalue weighted by Crippen LogP contribution is 2.37. The summed E-state index contributed by atoms with van der Waals surface area (Å²) in [7, 11) is 0. The average Bonchev–Trinajstić information content (AvgIpc) is 2.72. The van der Waals surface area contributed by atoms with Gasteiger partial charge in [-0.3, -0.25) is 9.59 Å². The first-order valence-electron chi connectivity index (χ1n) is 11.4. The Labute approximate surface area is 168 Å². The molecule has 4 atom stereocenters. The number of carbonyl (C=O) groups is 2. The van der Waals surface area contributed by atoms with Crippen molar-refractivity contribution >= 4 is 22.9 Å². The lowest BCUT2D eigenvalue weighted by Crippen LogP contribution is -2.48. The summed E-state index contributed by atoms with van der Waals surface area (Å²) >= 11 is 1.39. The van der Waals surface area contributed by atoms with E-state index in [0.717, 1.165) is 43.8 Å². The van der Waals surface area contributed by atoms with Crippen LogP contribution in [-0.4, -0.2) is 52.4 Å². The van der Waals surface area contributed by atoms with Crippen LogP contribution >= 0.6 is 11.8 Å². The summed E-state index contributed by atoms with van der Waals surface area (Å²) in [6.45, 7) is 2.84. The average molecular weight is 393 g/mol. The topological polar surface area (TPSA) is 40.6 Å². The maximum absolute atomic E-state index is 12.8. The Morgan fingerprint density at radius 2 is 1.48 bits per heavy atom. The van der Waals surface area contributed by atoms with Crippen molar-refractivity contribution in [1.29, 1.82) is 0 Å². The second kappa shape index (κ2) is 9.19. The lowest BCUT2D eigenvalue weighted by molar-refractivity contribution is -0.133. The van der Waals surface area contributed by atoms with Crippen molar-refractivity contribution in [3.8, 4) is 0 Å². The molecular weight excluding hydrogens is 356 g/mol. The molecule has 2 aliphatic heterocycles. The third-order valence-electron chi connectivity index (χ3n) is 7.66. The van der Waals surface area contributed by atoms with E-state index < -0.39 is 0 Å². The number of likely N-dealkylation sites (tertiary alicyclic amines) is 2. The van der Waals surface area contributed by atoms with Crippen LogP contribution in [0.25, 0.3) is 0 Å². The molecule has 0 aromatic carbocycles. The molecule has 5 heteroatoms. The van der Waals surface area contributed by atoms with Crippen molar-refractivity contribution in [2.45, 2.75) is 83.1 Å². The van der Waals surface area contributed by atoms with Gasteiger partial charge < -0.3 is 9.80 Å². The summed E-state index contributed by atoms with van der Waals surface area (Å²) < 4.78 is 0. The van der Waals surface area contributed by atoms with Gasteiger partial charge in [-0.25, -0.2) is 0 Å². The second-order valence-electron chi connectivity index (χ2n) is 9.24. The number of rotatable bonds is 3. The molecule has 4 fully saturated rings. The number of amides is 2. The van der Waals surface area contributed by atoms with E-state index in [0.29, 0.717) is 18.2 Å². The van der Waals surface area contributed by atoms with E-state index in [9.17, 15) is 9.59 Å². The Morgan fingerprint density at radius 3 is 2.33 bits per heavy atom. The quantitative estimate of drug-likeness (QED) is 0.684. The first kappa shape index (κ1) is 19.6. The highest BCUT2D eigenvalue weighted by atomic mass is 32.2. The van der Waals surface area contributed by atoms with E-state index in [-0.39, 0.29) is 11.1 Å². The molecular formula is C22H36N2O2S. The van der Waals surface area contributed by atoms with Crippen LogP contribution in [0, 0.1) is 17.8 Å². The lowest BCUT2D eigenvalue weighted by atomic mass is 9.75. The number of fused-ring (bicyclic) bond motifs is 2. The fraction of sp³-hybridized carbons (Fsp3) is 0.909. The number of piperidine rings is 2. The highest BCUT2D eigenvalue weighted by molar-refractivity contribution is 8.13. The summed E-state index contributed by atoms with van der Waals surface area (Å²) in [6.07, 6.45) is 14.7. The van der Waals surface area contributed by atoms with Crippen molar-refractivity contribution < 1.29 is 9.59 Å². The summed E-state index contributed by atoms with van der Waals surface area (Å²) in [5, 5.41) is 0.227. The predicted octanol–water partition coefficient (Wildman–Crippen LogP) is 4.92. The molecule has 2 heterocycles. The molecule has 27 heavy (non-hydrogen) atoms. The SMILES string of the molecule is O=C(CCSC(=O)N1CCCC2CCCCC21)N1CCC2CCCCC2C1. The largest absolute Gasteiger partial charge is 0.342 e. The third kappa shape index (κ3) is 4.65. The van der Waals surface area contributed by atoms with E-state index in [1.54, 1.807) is 0 Å². The first-order valence-corrected chi connectivity index (χ1v) is 12.4. The molecule has 0 N–H and O–H groups in total. The number of thioether (sulfide) groups is 1. The van der Waals surface area contributed by atoms with Gasteiger partial charge >= 0.3 is 0 Å². The molecule has 4 aliphatic rings. The molecule has 0 aromatic heterocycles. The summed E-state index contributed by atoms with van der Waals surface area (Å²) in [4.78, 5) is 29.7. The minimum atomic E-state index is 0.227. The molecule has 0 spiro atoms. The van der Waals surface area contributed by atoms with Gasteiger partial charge in [-0.15, -0.1) is 0 Å². The monoisotopic (exact) mass is 392 g/mol. The Balaban J connectivity index is 1.21. The summed E-state index contributed by atoms with van der Waals surface area (Å²) in [6, 6.07) is 0.480. The number of nitrogens with zero attached hydrogens (tertiary/aromatic N) is 2. The maximum atomic E-state index is 12.8. The molecule has 2 amide bonds. The smallest absolute Gasteiger partial charge is 0.281 e. The highest BCUT2D eigenvalue weighted by Gasteiger charge is 2.36. The fourth-order valence-corrected chi connectivity index (χ4v) is 6.99. The first-order chi connectivity index (χ1) is 13.2. The number of hydrogen-bond donors (Lipinski definition) is 0. The second-order valence-corrected chi connectivity index (χ2v) is 10.3. The molecule has 2 aliphatic carbocycles. The molecule has 4 rings (SSSR count). The molecule has 0 bridgehead atoms. The summed E-state index contributed by atoms with van der Waals surface area (Å²) in [5.41, 5.74) is 0. The van der Waals surface area contributed by atoms with Gasteiger partial charge in [0, 0.05) is 37.8 Å². The van der Waals surface area contributed by atoms with Crippen molar-refractivity contribution in [2.24, 2.45) is 17.8 Å². The van der Waals surface area contributed by atoms with Crippen LogP contribution in [0.1, 0.15) is 77.0 Å². The normalized spacial score (nSPS) is 33.9. The third-order valence-corrected chi connectivity index (χ3v) is 8.55. The van der Waals surface area contributed by atoms with Crippen LogP contribution < -0.4 is 0 Å². The standard InChI is InChI=1S/C22H36N2O2S/c25-21(23-14-11-17-6-1-2-8-19(17)16-23)12-15-27-22(26)24-13-5-9-18-7-3-4-10-20(18)24/h17-20H,1-16H2. The van der Waals surface area contributed by atoms with Crippen LogP contribution in [0.4, 0.5) is 4.79 Å². The van der Waals surface area contributed by atoms with Crippen LogP contribution in [-0.2, 0) is 4.79 Å². The fourth-order valence-electron chi connectivity index (χ4n) is 6.15. The Morgan fingerprint density at radius 1 is 0.778 bits per heavy atom. The van der Waals surface area contributed by atoms with Gasteiger partial charge in [0.2, 0.25) is 5.91 Å². The van der Waals surface area contributed by atoms with E-state index in [1.165, 1.54) is 76.0 Å². The molecule has 0 aromatic rings. The zero-order valence-electron chi connectivity index (χ0n) is 16.7. The Kier molecular flexibility index (Phi) is 6.67. The minimum absolute atomic E-state index is 0.227. The Hall–Kier alpha value is -0.710. The molecule has 2 saturated heterocycles. The van der Waals surface area contributed by atoms with Crippen LogP contribution in [0.3, 0.4) is 0 Å². The van der Waals surface area contributed by atoms with Gasteiger partial charge in [0.1, 0.15) is 0 Å². The van der Waals surface area contributed by atoms with Crippen LogP contribution in [0.2, 0.25) is 0 Å². The van der Waals surface area contributed by atoms with Gasteiger partial charge in [-0.2, -0.15) is 0 Å². The molecule has 4 nitrogen and oxygen atoms in total. The molecule has 152 valence electrons. The minimum Gasteiger partial charge on any atom is -0.342 e. The van der Waals surface area contributed by atoms with E-state index in [4.69, 9.17) is 0 Å². The van der Waals surface area contributed by atoms with Gasteiger partial charge in [0.05, 0.1) is 0 Å².